The maximum absolute atomic E-state index is 11.9. The average molecular weight is 372 g/mol. The van der Waals surface area contributed by atoms with Crippen LogP contribution in [-0.4, -0.2) is 28.6 Å². The van der Waals surface area contributed by atoms with Crippen molar-refractivity contribution in [2.45, 2.75) is 32.6 Å². The lowest BCUT2D eigenvalue weighted by molar-refractivity contribution is 0.0912. The molecule has 2 rings (SSSR count). The number of thiazole rings is 1. The number of nitrogens with zero attached hydrogens (tertiary/aromatic N) is 1. The van der Waals surface area contributed by atoms with Crippen molar-refractivity contribution in [3.63, 3.8) is 0 Å². The molecule has 1 unspecified atom stereocenters. The van der Waals surface area contributed by atoms with Crippen LogP contribution in [0.25, 0.3) is 0 Å². The van der Waals surface area contributed by atoms with E-state index in [9.17, 15) is 9.90 Å². The van der Waals surface area contributed by atoms with E-state index in [1.54, 1.807) is 29.6 Å². The highest BCUT2D eigenvalue weighted by atomic mass is 35.5. The van der Waals surface area contributed by atoms with Crippen LogP contribution in [-0.2, 0) is 6.54 Å². The molecule has 8 heteroatoms. The Balaban J connectivity index is 0.00000288. The van der Waals surface area contributed by atoms with Crippen molar-refractivity contribution in [3.05, 3.63) is 45.9 Å². The van der Waals surface area contributed by atoms with E-state index in [1.807, 2.05) is 13.8 Å². The van der Waals surface area contributed by atoms with Gasteiger partial charge in [-0.15, -0.1) is 23.7 Å². The first kappa shape index (κ1) is 20.4. The molecule has 24 heavy (non-hydrogen) atoms. The van der Waals surface area contributed by atoms with Crippen molar-refractivity contribution in [3.8, 4) is 5.75 Å². The summed E-state index contributed by atoms with van der Waals surface area (Å²) in [6.07, 6.45) is -0.693. The number of aliphatic hydroxyl groups is 1. The molecule has 132 valence electrons. The van der Waals surface area contributed by atoms with E-state index in [0.29, 0.717) is 22.8 Å². The molecule has 0 saturated heterocycles. The normalized spacial score (nSPS) is 11.7. The summed E-state index contributed by atoms with van der Waals surface area (Å²) in [6, 6.07) is 7.16. The smallest absolute Gasteiger partial charge is 0.270 e. The minimum Gasteiger partial charge on any atom is -0.491 e. The molecule has 1 aromatic carbocycles. The Morgan fingerprint density at radius 1 is 1.38 bits per heavy atom. The van der Waals surface area contributed by atoms with Crippen LogP contribution in [0.4, 0.5) is 0 Å². The molecule has 0 aliphatic heterocycles. The van der Waals surface area contributed by atoms with Gasteiger partial charge in [0.2, 0.25) is 0 Å². The largest absolute Gasteiger partial charge is 0.491 e. The van der Waals surface area contributed by atoms with Crippen molar-refractivity contribution in [2.24, 2.45) is 5.73 Å². The Morgan fingerprint density at radius 2 is 2.04 bits per heavy atom. The van der Waals surface area contributed by atoms with Gasteiger partial charge < -0.3 is 20.9 Å². The zero-order valence-corrected chi connectivity index (χ0v) is 15.2. The molecule has 1 heterocycles. The molecule has 0 fully saturated rings. The Morgan fingerprint density at radius 3 is 2.58 bits per heavy atom. The average Bonchev–Trinajstić information content (AvgIpc) is 3.01. The first-order chi connectivity index (χ1) is 11.0. The van der Waals surface area contributed by atoms with Crippen molar-refractivity contribution in [1.29, 1.82) is 0 Å². The Bertz CT molecular complexity index is 646. The highest BCUT2D eigenvalue weighted by Crippen LogP contribution is 2.18. The van der Waals surface area contributed by atoms with Gasteiger partial charge in [0, 0.05) is 18.5 Å². The van der Waals surface area contributed by atoms with Crippen LogP contribution in [0.15, 0.2) is 29.6 Å². The minimum atomic E-state index is -0.792. The van der Waals surface area contributed by atoms with Gasteiger partial charge in [-0.3, -0.25) is 4.79 Å². The molecule has 0 saturated carbocycles. The molecule has 0 radical (unpaired) electrons. The van der Waals surface area contributed by atoms with Crippen molar-refractivity contribution < 1.29 is 14.6 Å². The number of hydrogen-bond donors (Lipinski definition) is 3. The van der Waals surface area contributed by atoms with Crippen LogP contribution in [0.3, 0.4) is 0 Å². The lowest BCUT2D eigenvalue weighted by Gasteiger charge is -2.14. The fourth-order valence-corrected chi connectivity index (χ4v) is 2.60. The maximum atomic E-state index is 11.9. The number of halogens is 1. The van der Waals surface area contributed by atoms with Crippen LogP contribution in [0.5, 0.6) is 5.75 Å². The first-order valence-corrected chi connectivity index (χ1v) is 8.25. The van der Waals surface area contributed by atoms with E-state index in [0.717, 1.165) is 5.75 Å². The number of carbonyl (C=O) groups is 1. The van der Waals surface area contributed by atoms with E-state index >= 15 is 0 Å². The van der Waals surface area contributed by atoms with Crippen LogP contribution < -0.4 is 15.8 Å². The second-order valence-electron chi connectivity index (χ2n) is 5.29. The summed E-state index contributed by atoms with van der Waals surface area (Å²) in [5.74, 6) is 0.427. The van der Waals surface area contributed by atoms with Gasteiger partial charge >= 0.3 is 0 Å². The Labute approximate surface area is 151 Å². The molecule has 1 amide bonds. The number of aromatic nitrogens is 1. The van der Waals surface area contributed by atoms with Gasteiger partial charge in [0.1, 0.15) is 16.5 Å². The van der Waals surface area contributed by atoms with Crippen LogP contribution in [0, 0.1) is 0 Å². The number of benzene rings is 1. The fraction of sp³-hybridized carbons (Fsp3) is 0.375. The highest BCUT2D eigenvalue weighted by Gasteiger charge is 2.13. The maximum Gasteiger partial charge on any atom is 0.270 e. The zero-order chi connectivity index (χ0) is 16.8. The SMILES string of the molecule is CC(C)Oc1ccc(C(O)CNC(=O)c2csc(CN)n2)cc1.Cl. The lowest BCUT2D eigenvalue weighted by Crippen LogP contribution is -2.28. The van der Waals surface area contributed by atoms with Gasteiger partial charge in [0.25, 0.3) is 5.91 Å². The number of hydrogen-bond acceptors (Lipinski definition) is 6. The monoisotopic (exact) mass is 371 g/mol. The molecule has 0 bridgehead atoms. The highest BCUT2D eigenvalue weighted by molar-refractivity contribution is 7.09. The van der Waals surface area contributed by atoms with E-state index in [-0.39, 0.29) is 31.0 Å². The summed E-state index contributed by atoms with van der Waals surface area (Å²) in [5.41, 5.74) is 6.50. The van der Waals surface area contributed by atoms with E-state index in [2.05, 4.69) is 10.3 Å². The second-order valence-corrected chi connectivity index (χ2v) is 6.23. The first-order valence-electron chi connectivity index (χ1n) is 7.37. The van der Waals surface area contributed by atoms with Crippen LogP contribution >= 0.6 is 23.7 Å². The topological polar surface area (TPSA) is 97.5 Å². The number of aliphatic hydroxyl groups excluding tert-OH is 1. The molecule has 0 aliphatic rings. The molecular weight excluding hydrogens is 350 g/mol. The lowest BCUT2D eigenvalue weighted by atomic mass is 10.1. The number of nitrogens with two attached hydrogens (primary N) is 1. The predicted molar refractivity (Wildman–Crippen MR) is 96.8 cm³/mol. The number of amides is 1. The quantitative estimate of drug-likeness (QED) is 0.693. The third-order valence-corrected chi connectivity index (χ3v) is 3.92. The molecule has 4 N–H and O–H groups in total. The van der Waals surface area contributed by atoms with Crippen LogP contribution in [0.2, 0.25) is 0 Å². The Hall–Kier alpha value is -1.67. The third kappa shape index (κ3) is 5.76. The van der Waals surface area contributed by atoms with E-state index < -0.39 is 6.10 Å². The van der Waals surface area contributed by atoms with Crippen molar-refractivity contribution >= 4 is 29.7 Å². The zero-order valence-electron chi connectivity index (χ0n) is 13.6. The molecule has 0 spiro atoms. The number of nitrogens with one attached hydrogen (secondary N) is 1. The summed E-state index contributed by atoms with van der Waals surface area (Å²) >= 11 is 1.34. The van der Waals surface area contributed by atoms with Gasteiger partial charge in [-0.2, -0.15) is 0 Å². The van der Waals surface area contributed by atoms with Crippen molar-refractivity contribution in [2.75, 3.05) is 6.54 Å². The molecule has 1 atom stereocenters. The van der Waals surface area contributed by atoms with Crippen LogP contribution in [0.1, 0.15) is 41.0 Å². The Kier molecular flexibility index (Phi) is 8.14. The number of ether oxygens (including phenoxy) is 1. The molecule has 1 aromatic heterocycles. The number of carbonyl (C=O) groups excluding carboxylic acids is 1. The minimum absolute atomic E-state index is 0. The van der Waals surface area contributed by atoms with Crippen molar-refractivity contribution in [1.82, 2.24) is 10.3 Å². The summed E-state index contributed by atoms with van der Waals surface area (Å²) in [5, 5.41) is 15.2. The third-order valence-electron chi connectivity index (χ3n) is 3.05. The summed E-state index contributed by atoms with van der Waals surface area (Å²) in [7, 11) is 0. The van der Waals surface area contributed by atoms with Gasteiger partial charge in [0.05, 0.1) is 12.2 Å². The van der Waals surface area contributed by atoms with E-state index in [1.165, 1.54) is 11.3 Å². The van der Waals surface area contributed by atoms with Gasteiger partial charge in [-0.1, -0.05) is 12.1 Å². The van der Waals surface area contributed by atoms with Gasteiger partial charge in [0.15, 0.2) is 0 Å². The van der Waals surface area contributed by atoms with Gasteiger partial charge in [-0.05, 0) is 31.5 Å². The van der Waals surface area contributed by atoms with Gasteiger partial charge in [-0.25, -0.2) is 4.98 Å². The molecule has 0 aliphatic carbocycles. The molecular formula is C16H22ClN3O3S. The summed E-state index contributed by atoms with van der Waals surface area (Å²) in [6.45, 7) is 4.32. The molecule has 6 nitrogen and oxygen atoms in total. The fourth-order valence-electron chi connectivity index (χ4n) is 1.95. The summed E-state index contributed by atoms with van der Waals surface area (Å²) in [4.78, 5) is 16.0. The second kappa shape index (κ2) is 9.58. The molecule has 2 aromatic rings. The summed E-state index contributed by atoms with van der Waals surface area (Å²) < 4.78 is 5.55. The predicted octanol–water partition coefficient (Wildman–Crippen LogP) is 2.27. The standard InChI is InChI=1S/C16H21N3O3S.ClH/c1-10(2)22-12-5-3-11(4-6-12)14(20)8-18-16(21)13-9-23-15(7-17)19-13;/h3-6,9-10,14,20H,7-8,17H2,1-2H3,(H,18,21);1H. The number of rotatable bonds is 7. The van der Waals surface area contributed by atoms with E-state index in [4.69, 9.17) is 10.5 Å².